The average molecular weight is 462 g/mol. The summed E-state index contributed by atoms with van der Waals surface area (Å²) in [6, 6.07) is 12.0. The number of likely N-dealkylation sites (N-methyl/N-ethyl adjacent to an activating group) is 1. The van der Waals surface area contributed by atoms with Crippen molar-refractivity contribution in [3.8, 4) is 11.4 Å². The summed E-state index contributed by atoms with van der Waals surface area (Å²) in [5.74, 6) is 1.46. The topological polar surface area (TPSA) is 92.5 Å². The Labute approximate surface area is 199 Å². The summed E-state index contributed by atoms with van der Waals surface area (Å²) in [5, 5.41) is 17.5. The minimum atomic E-state index is -0.464. The minimum absolute atomic E-state index is 0.104. The predicted molar refractivity (Wildman–Crippen MR) is 129 cm³/mol. The predicted octanol–water partition coefficient (Wildman–Crippen LogP) is 2.65. The number of hydrogen-bond acceptors (Lipinski definition) is 6. The highest BCUT2D eigenvalue weighted by molar-refractivity contribution is 5.79. The van der Waals surface area contributed by atoms with Crippen LogP contribution in [0.15, 0.2) is 48.8 Å². The van der Waals surface area contributed by atoms with Crippen LogP contribution in [0.1, 0.15) is 42.5 Å². The number of carbonyl (C=O) groups is 1. The third kappa shape index (κ3) is 4.92. The molecule has 3 heterocycles. The van der Waals surface area contributed by atoms with Crippen LogP contribution < -0.4 is 15.0 Å². The van der Waals surface area contributed by atoms with Gasteiger partial charge >= 0.3 is 0 Å². The smallest absolute Gasteiger partial charge is 0.226 e. The third-order valence-electron chi connectivity index (χ3n) is 6.64. The van der Waals surface area contributed by atoms with Crippen molar-refractivity contribution in [1.29, 1.82) is 0 Å². The third-order valence-corrected chi connectivity index (χ3v) is 6.64. The highest BCUT2D eigenvalue weighted by Gasteiger charge is 2.26. The molecule has 2 aliphatic rings. The van der Waals surface area contributed by atoms with Crippen LogP contribution in [-0.2, 0) is 17.6 Å². The maximum Gasteiger partial charge on any atom is 0.226 e. The molecule has 2 N–H and O–H groups in total. The number of fused-ring (bicyclic) bond motifs is 1. The van der Waals surface area contributed by atoms with Gasteiger partial charge in [0.15, 0.2) is 11.6 Å². The molecule has 1 aliphatic carbocycles. The lowest BCUT2D eigenvalue weighted by molar-refractivity contribution is -0.122. The van der Waals surface area contributed by atoms with E-state index in [1.54, 1.807) is 6.20 Å². The zero-order chi connectivity index (χ0) is 23.5. The van der Waals surface area contributed by atoms with Gasteiger partial charge in [-0.05, 0) is 42.7 Å². The summed E-state index contributed by atoms with van der Waals surface area (Å²) in [5.41, 5.74) is 3.87. The van der Waals surface area contributed by atoms with E-state index in [4.69, 9.17) is 9.72 Å². The molecule has 2 atom stereocenters. The zero-order valence-electron chi connectivity index (χ0n) is 19.5. The summed E-state index contributed by atoms with van der Waals surface area (Å²) in [7, 11) is 2.00. The van der Waals surface area contributed by atoms with E-state index in [1.807, 2.05) is 42.2 Å². The van der Waals surface area contributed by atoms with Crippen LogP contribution in [-0.4, -0.2) is 58.1 Å². The van der Waals surface area contributed by atoms with Crippen LogP contribution in [0.25, 0.3) is 5.69 Å². The molecule has 1 aliphatic heterocycles. The fourth-order valence-electron chi connectivity index (χ4n) is 4.77. The van der Waals surface area contributed by atoms with Crippen LogP contribution in [0.5, 0.6) is 5.75 Å². The van der Waals surface area contributed by atoms with Crippen LogP contribution in [0.2, 0.25) is 0 Å². The number of amides is 1. The molecule has 1 saturated carbocycles. The summed E-state index contributed by atoms with van der Waals surface area (Å²) < 4.78 is 7.85. The van der Waals surface area contributed by atoms with Gasteiger partial charge in [0.2, 0.25) is 5.91 Å². The van der Waals surface area contributed by atoms with E-state index in [1.165, 1.54) is 0 Å². The van der Waals surface area contributed by atoms with E-state index in [-0.39, 0.29) is 18.4 Å². The standard InChI is InChI=1S/C26H31N5O3/c1-30-13-14-34-25-19(15-18-7-9-21(10-8-18)31-12-4-11-27-31)16-20(28-26(25)30)17-24(33)29-22-5-2-3-6-23(22)32/h4,7-12,16,22-23,32H,2-3,5-6,13-15,17H2,1H3,(H,29,33)/t22-,23-/m0/s1. The number of aliphatic hydroxyl groups is 1. The number of anilines is 1. The summed E-state index contributed by atoms with van der Waals surface area (Å²) in [6.07, 6.45) is 7.68. The van der Waals surface area contributed by atoms with Crippen LogP contribution in [0.4, 0.5) is 5.82 Å². The van der Waals surface area contributed by atoms with Crippen LogP contribution in [0.3, 0.4) is 0 Å². The van der Waals surface area contributed by atoms with E-state index in [0.29, 0.717) is 18.7 Å². The van der Waals surface area contributed by atoms with Crippen molar-refractivity contribution in [2.24, 2.45) is 0 Å². The van der Waals surface area contributed by atoms with Crippen LogP contribution in [0, 0.1) is 0 Å². The SMILES string of the molecule is CN1CCOc2c(Cc3ccc(-n4cccn4)cc3)cc(CC(=O)N[C@H]3CCCC[C@@H]3O)nc21. The monoisotopic (exact) mass is 461 g/mol. The van der Waals surface area contributed by atoms with Crippen molar-refractivity contribution in [3.05, 3.63) is 65.6 Å². The lowest BCUT2D eigenvalue weighted by Crippen LogP contribution is -2.45. The number of nitrogens with one attached hydrogen (secondary N) is 1. The lowest BCUT2D eigenvalue weighted by Gasteiger charge is -2.29. The molecule has 0 bridgehead atoms. The minimum Gasteiger partial charge on any atom is -0.488 e. The number of aliphatic hydroxyl groups excluding tert-OH is 1. The maximum absolute atomic E-state index is 12.8. The van der Waals surface area contributed by atoms with Gasteiger partial charge in [-0.3, -0.25) is 4.79 Å². The van der Waals surface area contributed by atoms with Gasteiger partial charge < -0.3 is 20.1 Å². The van der Waals surface area contributed by atoms with E-state index < -0.39 is 6.10 Å². The van der Waals surface area contributed by atoms with Gasteiger partial charge in [0.05, 0.1) is 36.5 Å². The molecule has 3 aromatic rings. The van der Waals surface area contributed by atoms with Crippen molar-refractivity contribution in [2.45, 2.75) is 50.7 Å². The second-order valence-corrected chi connectivity index (χ2v) is 9.19. The second kappa shape index (κ2) is 9.85. The molecule has 34 heavy (non-hydrogen) atoms. The molecule has 8 nitrogen and oxygen atoms in total. The summed E-state index contributed by atoms with van der Waals surface area (Å²) in [6.45, 7) is 1.36. The number of ether oxygens (including phenoxy) is 1. The van der Waals surface area contributed by atoms with Gasteiger partial charge in [-0.2, -0.15) is 5.10 Å². The molecule has 1 aromatic carbocycles. The molecule has 0 radical (unpaired) electrons. The Hall–Kier alpha value is -3.39. The lowest BCUT2D eigenvalue weighted by atomic mass is 9.92. The first kappa shape index (κ1) is 22.4. The molecule has 0 saturated heterocycles. The Balaban J connectivity index is 1.36. The number of nitrogens with zero attached hydrogens (tertiary/aromatic N) is 4. The largest absolute Gasteiger partial charge is 0.488 e. The van der Waals surface area contributed by atoms with Gasteiger partial charge in [0.25, 0.3) is 0 Å². The van der Waals surface area contributed by atoms with Gasteiger partial charge in [-0.1, -0.05) is 25.0 Å². The van der Waals surface area contributed by atoms with Crippen molar-refractivity contribution in [3.63, 3.8) is 0 Å². The number of rotatable bonds is 6. The Morgan fingerprint density at radius 1 is 1.24 bits per heavy atom. The second-order valence-electron chi connectivity index (χ2n) is 9.19. The summed E-state index contributed by atoms with van der Waals surface area (Å²) in [4.78, 5) is 19.6. The quantitative estimate of drug-likeness (QED) is 0.586. The molecule has 2 aromatic heterocycles. The van der Waals surface area contributed by atoms with E-state index in [9.17, 15) is 9.90 Å². The Bertz CT molecular complexity index is 1130. The Morgan fingerprint density at radius 3 is 2.82 bits per heavy atom. The molecule has 178 valence electrons. The van der Waals surface area contributed by atoms with Crippen molar-refractivity contribution in [2.75, 3.05) is 25.1 Å². The van der Waals surface area contributed by atoms with Gasteiger partial charge in [-0.25, -0.2) is 9.67 Å². The Morgan fingerprint density at radius 2 is 2.06 bits per heavy atom. The first-order valence-corrected chi connectivity index (χ1v) is 12.0. The fraction of sp³-hybridized carbons (Fsp3) is 0.423. The van der Waals surface area contributed by atoms with Crippen LogP contribution >= 0.6 is 0 Å². The number of benzene rings is 1. The zero-order valence-corrected chi connectivity index (χ0v) is 19.5. The van der Waals surface area contributed by atoms with Crippen molar-refractivity contribution < 1.29 is 14.6 Å². The van der Waals surface area contributed by atoms with Gasteiger partial charge in [-0.15, -0.1) is 0 Å². The molecule has 0 unspecified atom stereocenters. The van der Waals surface area contributed by atoms with E-state index in [0.717, 1.165) is 60.6 Å². The first-order chi connectivity index (χ1) is 16.6. The average Bonchev–Trinajstić information content (AvgIpc) is 3.37. The highest BCUT2D eigenvalue weighted by Crippen LogP contribution is 2.35. The van der Waals surface area contributed by atoms with E-state index >= 15 is 0 Å². The van der Waals surface area contributed by atoms with Gasteiger partial charge in [0.1, 0.15) is 6.61 Å². The van der Waals surface area contributed by atoms with E-state index in [2.05, 4.69) is 27.4 Å². The first-order valence-electron chi connectivity index (χ1n) is 12.0. The molecule has 1 fully saturated rings. The maximum atomic E-state index is 12.8. The molecule has 1 amide bonds. The summed E-state index contributed by atoms with van der Waals surface area (Å²) >= 11 is 0. The molecular formula is C26H31N5O3. The van der Waals surface area contributed by atoms with Gasteiger partial charge in [0, 0.05) is 31.4 Å². The Kier molecular flexibility index (Phi) is 6.49. The molecule has 0 spiro atoms. The number of carbonyl (C=O) groups excluding carboxylic acids is 1. The molecule has 8 heteroatoms. The number of aromatic nitrogens is 3. The molecular weight excluding hydrogens is 430 g/mol. The molecule has 5 rings (SSSR count). The van der Waals surface area contributed by atoms with Crippen molar-refractivity contribution in [1.82, 2.24) is 20.1 Å². The fourth-order valence-corrected chi connectivity index (χ4v) is 4.77. The number of hydrogen-bond donors (Lipinski definition) is 2. The number of pyridine rings is 1. The normalized spacial score (nSPS) is 19.9. The highest BCUT2D eigenvalue weighted by atomic mass is 16.5. The van der Waals surface area contributed by atoms with Crippen molar-refractivity contribution >= 4 is 11.7 Å².